The molecule has 0 radical (unpaired) electrons. The van der Waals surface area contributed by atoms with Gasteiger partial charge in [-0.1, -0.05) is 6.55 Å². The summed E-state index contributed by atoms with van der Waals surface area (Å²) in [4.78, 5) is 0. The van der Waals surface area contributed by atoms with Crippen LogP contribution in [0.4, 0.5) is 0 Å². The summed E-state index contributed by atoms with van der Waals surface area (Å²) in [5.74, 6) is 0. The Hall–Kier alpha value is 0.177. The highest BCUT2D eigenvalue weighted by Gasteiger charge is 2.29. The van der Waals surface area contributed by atoms with Gasteiger partial charge in [-0.2, -0.15) is 0 Å². The van der Waals surface area contributed by atoms with E-state index in [0.717, 1.165) is 0 Å². The van der Waals surface area contributed by atoms with Crippen molar-refractivity contribution in [2.75, 3.05) is 0 Å². The van der Waals surface area contributed by atoms with Crippen LogP contribution in [-0.2, 0) is 0 Å². The molecule has 0 aromatic carbocycles. The first-order valence-electron chi connectivity index (χ1n) is 4.47. The Morgan fingerprint density at radius 2 is 1.09 bits per heavy atom. The molecule has 0 saturated heterocycles. The van der Waals surface area contributed by atoms with Crippen molar-refractivity contribution in [2.24, 2.45) is 0 Å². The molecule has 0 aliphatic heterocycles. The van der Waals surface area contributed by atoms with Gasteiger partial charge in [0.05, 0.1) is 9.68 Å². The van der Waals surface area contributed by atoms with Gasteiger partial charge in [-0.3, -0.25) is 0 Å². The minimum atomic E-state index is -0.0471. The van der Waals surface area contributed by atoms with E-state index >= 15 is 0 Å². The second kappa shape index (κ2) is 3.28. The number of hydrogen-bond acceptors (Lipinski definition) is 1. The molecule has 0 atom stereocenters. The SMILES string of the molecule is C[SiH2]N(C(C)(C)C)C(C)(C)C. The summed E-state index contributed by atoms with van der Waals surface area (Å²) in [5, 5.41) is 0. The fraction of sp³-hybridized carbons (Fsp3) is 1.00. The average molecular weight is 173 g/mol. The van der Waals surface area contributed by atoms with Gasteiger partial charge >= 0.3 is 0 Å². The van der Waals surface area contributed by atoms with E-state index in [9.17, 15) is 0 Å². The lowest BCUT2D eigenvalue weighted by Gasteiger charge is -2.45. The van der Waals surface area contributed by atoms with Gasteiger partial charge in [-0.05, 0) is 41.5 Å². The highest BCUT2D eigenvalue weighted by molar-refractivity contribution is 6.30. The van der Waals surface area contributed by atoms with Crippen molar-refractivity contribution >= 4 is 9.68 Å². The Morgan fingerprint density at radius 3 is 1.09 bits per heavy atom. The van der Waals surface area contributed by atoms with Crippen molar-refractivity contribution in [1.29, 1.82) is 0 Å². The molecule has 0 aliphatic rings. The summed E-state index contributed by atoms with van der Waals surface area (Å²) < 4.78 is 2.64. The van der Waals surface area contributed by atoms with E-state index in [1.54, 1.807) is 0 Å². The van der Waals surface area contributed by atoms with E-state index in [4.69, 9.17) is 0 Å². The van der Waals surface area contributed by atoms with Gasteiger partial charge in [0, 0.05) is 11.1 Å². The maximum atomic E-state index is 2.64. The van der Waals surface area contributed by atoms with E-state index in [0.29, 0.717) is 11.1 Å². The quantitative estimate of drug-likeness (QED) is 0.548. The second-order valence-electron chi connectivity index (χ2n) is 5.09. The van der Waals surface area contributed by atoms with Gasteiger partial charge in [0.25, 0.3) is 0 Å². The van der Waals surface area contributed by atoms with Gasteiger partial charge in [-0.15, -0.1) is 0 Å². The summed E-state index contributed by atoms with van der Waals surface area (Å²) in [7, 11) is -0.0471. The minimum Gasteiger partial charge on any atom is -0.320 e. The maximum absolute atomic E-state index is 2.64. The fourth-order valence-corrected chi connectivity index (χ4v) is 3.85. The third-order valence-electron chi connectivity index (χ3n) is 1.94. The molecule has 0 bridgehead atoms. The molecular formula is C9H23NSi. The molecule has 0 amide bonds. The minimum absolute atomic E-state index is 0.0471. The summed E-state index contributed by atoms with van der Waals surface area (Å²) in [6, 6.07) is 0. The summed E-state index contributed by atoms with van der Waals surface area (Å²) in [6.45, 7) is 16.2. The molecule has 0 saturated carbocycles. The van der Waals surface area contributed by atoms with Crippen LogP contribution in [0.15, 0.2) is 0 Å². The highest BCUT2D eigenvalue weighted by atomic mass is 28.2. The van der Waals surface area contributed by atoms with Crippen molar-refractivity contribution < 1.29 is 0 Å². The Labute approximate surface area is 74.1 Å². The van der Waals surface area contributed by atoms with Crippen LogP contribution < -0.4 is 0 Å². The van der Waals surface area contributed by atoms with Crippen molar-refractivity contribution in [3.63, 3.8) is 0 Å². The molecule has 0 N–H and O–H groups in total. The number of rotatable bonds is 1. The van der Waals surface area contributed by atoms with E-state index in [-0.39, 0.29) is 9.68 Å². The Bertz CT molecular complexity index is 105. The van der Waals surface area contributed by atoms with Crippen LogP contribution in [-0.4, -0.2) is 25.3 Å². The van der Waals surface area contributed by atoms with Gasteiger partial charge in [-0.25, -0.2) is 0 Å². The monoisotopic (exact) mass is 173 g/mol. The molecule has 0 unspecified atom stereocenters. The van der Waals surface area contributed by atoms with Crippen LogP contribution in [0.3, 0.4) is 0 Å². The third kappa shape index (κ3) is 3.39. The molecule has 0 rings (SSSR count). The van der Waals surface area contributed by atoms with E-state index in [1.807, 2.05) is 0 Å². The van der Waals surface area contributed by atoms with Crippen molar-refractivity contribution in [3.05, 3.63) is 0 Å². The first-order valence-corrected chi connectivity index (χ1v) is 6.52. The molecule has 0 spiro atoms. The van der Waals surface area contributed by atoms with Gasteiger partial charge in [0.15, 0.2) is 0 Å². The molecule has 0 aromatic heterocycles. The highest BCUT2D eigenvalue weighted by Crippen LogP contribution is 2.22. The normalized spacial score (nSPS) is 15.3. The van der Waals surface area contributed by atoms with E-state index in [1.165, 1.54) is 0 Å². The summed E-state index contributed by atoms with van der Waals surface area (Å²) >= 11 is 0. The van der Waals surface area contributed by atoms with Crippen LogP contribution in [0, 0.1) is 0 Å². The van der Waals surface area contributed by atoms with Gasteiger partial charge in [0.2, 0.25) is 0 Å². The number of hydrogen-bond donors (Lipinski definition) is 0. The standard InChI is InChI=1S/C9H23NSi/c1-8(2,3)10(11-7)9(4,5)6/h11H2,1-7H3. The molecule has 68 valence electrons. The zero-order valence-electron chi connectivity index (χ0n) is 9.15. The lowest BCUT2D eigenvalue weighted by Crippen LogP contribution is -2.53. The molecule has 2 heteroatoms. The van der Waals surface area contributed by atoms with Gasteiger partial charge in [0.1, 0.15) is 0 Å². The Morgan fingerprint density at radius 1 is 0.818 bits per heavy atom. The smallest absolute Gasteiger partial charge is 0.0932 e. The lowest BCUT2D eigenvalue weighted by atomic mass is 10.0. The first-order chi connectivity index (χ1) is 4.69. The van der Waals surface area contributed by atoms with Crippen LogP contribution >= 0.6 is 0 Å². The Kier molecular flexibility index (Phi) is 3.33. The summed E-state index contributed by atoms with van der Waals surface area (Å²) in [6.07, 6.45) is 0. The van der Waals surface area contributed by atoms with Crippen LogP contribution in [0.5, 0.6) is 0 Å². The van der Waals surface area contributed by atoms with Crippen molar-refractivity contribution in [2.45, 2.75) is 59.2 Å². The molecule has 1 nitrogen and oxygen atoms in total. The van der Waals surface area contributed by atoms with Crippen LogP contribution in [0.25, 0.3) is 0 Å². The maximum Gasteiger partial charge on any atom is 0.0932 e. The van der Waals surface area contributed by atoms with E-state index < -0.39 is 0 Å². The lowest BCUT2D eigenvalue weighted by molar-refractivity contribution is 0.140. The predicted octanol–water partition coefficient (Wildman–Crippen LogP) is 2.02. The zero-order valence-corrected chi connectivity index (χ0v) is 10.6. The van der Waals surface area contributed by atoms with Crippen molar-refractivity contribution in [1.82, 2.24) is 4.57 Å². The van der Waals surface area contributed by atoms with Crippen LogP contribution in [0.1, 0.15) is 41.5 Å². The third-order valence-corrected chi connectivity index (χ3v) is 4.47. The molecule has 0 aliphatic carbocycles. The predicted molar refractivity (Wildman–Crippen MR) is 55.8 cm³/mol. The van der Waals surface area contributed by atoms with Crippen LogP contribution in [0.2, 0.25) is 6.55 Å². The summed E-state index contributed by atoms with van der Waals surface area (Å²) in [5.41, 5.74) is 0.693. The molecule has 0 fully saturated rings. The van der Waals surface area contributed by atoms with E-state index in [2.05, 4.69) is 52.7 Å². The zero-order chi connectivity index (χ0) is 9.28. The first kappa shape index (κ1) is 11.2. The largest absolute Gasteiger partial charge is 0.320 e. The molecule has 0 aromatic rings. The molecule has 11 heavy (non-hydrogen) atoms. The van der Waals surface area contributed by atoms with Crippen molar-refractivity contribution in [3.8, 4) is 0 Å². The topological polar surface area (TPSA) is 3.24 Å². The average Bonchev–Trinajstić information content (AvgIpc) is 1.56. The fourth-order valence-electron chi connectivity index (χ4n) is 1.95. The second-order valence-corrected chi connectivity index (χ2v) is 6.35. The Balaban J connectivity index is 4.43. The number of nitrogens with zero attached hydrogens (tertiary/aromatic N) is 1. The molecular weight excluding hydrogens is 150 g/mol. The van der Waals surface area contributed by atoms with Gasteiger partial charge < -0.3 is 4.57 Å². The molecule has 0 heterocycles.